The van der Waals surface area contributed by atoms with Crippen molar-refractivity contribution in [3.8, 4) is 0 Å². The number of ether oxygens (including phenoxy) is 1. The highest BCUT2D eigenvalue weighted by Gasteiger charge is 2.30. The maximum absolute atomic E-state index is 13.5. The molecule has 1 saturated heterocycles. The van der Waals surface area contributed by atoms with Crippen molar-refractivity contribution in [1.82, 2.24) is 5.32 Å². The molecule has 0 unspecified atom stereocenters. The van der Waals surface area contributed by atoms with Crippen molar-refractivity contribution in [1.29, 1.82) is 0 Å². The zero-order valence-corrected chi connectivity index (χ0v) is 11.8. The summed E-state index contributed by atoms with van der Waals surface area (Å²) in [6.45, 7) is 2.42. The van der Waals surface area contributed by atoms with E-state index in [4.69, 9.17) is 4.74 Å². The van der Waals surface area contributed by atoms with Crippen LogP contribution in [0.5, 0.6) is 0 Å². The molecule has 21 heavy (non-hydrogen) atoms. The Morgan fingerprint density at radius 2 is 2.29 bits per heavy atom. The average molecular weight is 299 g/mol. The molecule has 6 heteroatoms. The first-order valence-electron chi connectivity index (χ1n) is 6.98. The Labute approximate surface area is 122 Å². The van der Waals surface area contributed by atoms with Crippen LogP contribution in [0.1, 0.15) is 18.9 Å². The molecule has 0 aromatic heterocycles. The van der Waals surface area contributed by atoms with E-state index in [1.54, 1.807) is 0 Å². The van der Waals surface area contributed by atoms with Crippen LogP contribution in [0.3, 0.4) is 0 Å². The van der Waals surface area contributed by atoms with E-state index in [1.807, 2.05) is 6.92 Å². The van der Waals surface area contributed by atoms with Crippen LogP contribution in [0.2, 0.25) is 0 Å². The molecule has 1 aliphatic rings. The number of aliphatic hydroxyl groups is 1. The number of carbonyl (C=O) groups excluding carboxylic acids is 1. The van der Waals surface area contributed by atoms with Crippen LogP contribution in [-0.2, 0) is 16.0 Å². The molecular formula is C15H19F2NO3. The maximum atomic E-state index is 13.5. The Kier molecular flexibility index (Phi) is 5.25. The van der Waals surface area contributed by atoms with Gasteiger partial charge in [0, 0.05) is 25.6 Å². The predicted molar refractivity (Wildman–Crippen MR) is 72.6 cm³/mol. The minimum Gasteiger partial charge on any atom is -0.391 e. The van der Waals surface area contributed by atoms with E-state index in [2.05, 4.69) is 5.32 Å². The highest BCUT2D eigenvalue weighted by Crippen LogP contribution is 2.20. The molecule has 0 saturated carbocycles. The number of amides is 1. The summed E-state index contributed by atoms with van der Waals surface area (Å²) in [6.07, 6.45) is -0.373. The summed E-state index contributed by atoms with van der Waals surface area (Å²) in [6, 6.07) is 3.21. The molecule has 116 valence electrons. The number of hydrogen-bond donors (Lipinski definition) is 2. The summed E-state index contributed by atoms with van der Waals surface area (Å²) >= 11 is 0. The van der Waals surface area contributed by atoms with Gasteiger partial charge in [0.05, 0.1) is 18.1 Å². The Balaban J connectivity index is 1.81. The first-order chi connectivity index (χ1) is 9.97. The molecule has 3 atom stereocenters. The van der Waals surface area contributed by atoms with E-state index >= 15 is 0 Å². The SMILES string of the molecule is C[C@@H]1OCC[C@@H]1C(=O)NC[C@H](O)Cc1ccc(F)cc1F. The van der Waals surface area contributed by atoms with Gasteiger partial charge in [0.2, 0.25) is 5.91 Å². The second-order valence-corrected chi connectivity index (χ2v) is 5.31. The van der Waals surface area contributed by atoms with Gasteiger partial charge in [0.25, 0.3) is 0 Å². The van der Waals surface area contributed by atoms with Crippen molar-refractivity contribution in [2.24, 2.45) is 5.92 Å². The molecule has 2 rings (SSSR count). The third-order valence-corrected chi connectivity index (χ3v) is 3.70. The number of nitrogens with one attached hydrogen (secondary N) is 1. The number of rotatable bonds is 5. The van der Waals surface area contributed by atoms with Gasteiger partial charge >= 0.3 is 0 Å². The topological polar surface area (TPSA) is 58.6 Å². The lowest BCUT2D eigenvalue weighted by molar-refractivity contribution is -0.126. The van der Waals surface area contributed by atoms with Gasteiger partial charge in [0.1, 0.15) is 11.6 Å². The van der Waals surface area contributed by atoms with Crippen LogP contribution < -0.4 is 5.32 Å². The summed E-state index contributed by atoms with van der Waals surface area (Å²) in [7, 11) is 0. The summed E-state index contributed by atoms with van der Waals surface area (Å²) in [5.41, 5.74) is 0.218. The average Bonchev–Trinajstić information content (AvgIpc) is 2.85. The minimum absolute atomic E-state index is 0.0170. The fourth-order valence-corrected chi connectivity index (χ4v) is 2.44. The van der Waals surface area contributed by atoms with E-state index in [0.29, 0.717) is 13.0 Å². The molecule has 0 bridgehead atoms. The highest BCUT2D eigenvalue weighted by molar-refractivity contribution is 5.79. The molecule has 1 aliphatic heterocycles. The lowest BCUT2D eigenvalue weighted by Gasteiger charge is -2.16. The molecule has 2 N–H and O–H groups in total. The van der Waals surface area contributed by atoms with Crippen LogP contribution in [0, 0.1) is 17.6 Å². The van der Waals surface area contributed by atoms with Gasteiger partial charge in [-0.05, 0) is 25.0 Å². The lowest BCUT2D eigenvalue weighted by Crippen LogP contribution is -2.39. The van der Waals surface area contributed by atoms with Gasteiger partial charge in [-0.2, -0.15) is 0 Å². The zero-order chi connectivity index (χ0) is 15.4. The van der Waals surface area contributed by atoms with Crippen LogP contribution in [0.15, 0.2) is 18.2 Å². The molecule has 1 fully saturated rings. The van der Waals surface area contributed by atoms with Gasteiger partial charge in [-0.3, -0.25) is 4.79 Å². The molecule has 1 heterocycles. The normalized spacial score (nSPS) is 23.0. The van der Waals surface area contributed by atoms with Crippen molar-refractivity contribution in [3.63, 3.8) is 0 Å². The van der Waals surface area contributed by atoms with E-state index in [0.717, 1.165) is 12.1 Å². The third kappa shape index (κ3) is 4.22. The molecule has 0 radical (unpaired) electrons. The fraction of sp³-hybridized carbons (Fsp3) is 0.533. The van der Waals surface area contributed by atoms with Crippen LogP contribution in [-0.4, -0.2) is 36.4 Å². The molecule has 1 amide bonds. The number of benzene rings is 1. The summed E-state index contributed by atoms with van der Waals surface area (Å²) in [5.74, 6) is -1.73. The first kappa shape index (κ1) is 15.9. The first-order valence-corrected chi connectivity index (χ1v) is 6.98. The van der Waals surface area contributed by atoms with Crippen molar-refractivity contribution < 1.29 is 23.4 Å². The van der Waals surface area contributed by atoms with E-state index in [9.17, 15) is 18.7 Å². The van der Waals surface area contributed by atoms with E-state index in [-0.39, 0.29) is 36.5 Å². The Morgan fingerprint density at radius 3 is 2.90 bits per heavy atom. The lowest BCUT2D eigenvalue weighted by atomic mass is 10.0. The molecule has 4 nitrogen and oxygen atoms in total. The monoisotopic (exact) mass is 299 g/mol. The Hall–Kier alpha value is -1.53. The number of halogens is 2. The molecule has 0 aliphatic carbocycles. The maximum Gasteiger partial charge on any atom is 0.225 e. The summed E-state index contributed by atoms with van der Waals surface area (Å²) in [5, 5.41) is 12.5. The van der Waals surface area contributed by atoms with Gasteiger partial charge in [-0.25, -0.2) is 8.78 Å². The molecular weight excluding hydrogens is 280 g/mol. The number of aliphatic hydroxyl groups excluding tert-OH is 1. The van der Waals surface area contributed by atoms with E-state index in [1.165, 1.54) is 6.07 Å². The summed E-state index contributed by atoms with van der Waals surface area (Å²) < 4.78 is 31.5. The highest BCUT2D eigenvalue weighted by atomic mass is 19.1. The quantitative estimate of drug-likeness (QED) is 0.864. The van der Waals surface area contributed by atoms with Crippen molar-refractivity contribution >= 4 is 5.91 Å². The van der Waals surface area contributed by atoms with Crippen molar-refractivity contribution in [2.45, 2.75) is 32.0 Å². The molecule has 1 aromatic carbocycles. The Bertz CT molecular complexity index is 510. The van der Waals surface area contributed by atoms with Crippen LogP contribution >= 0.6 is 0 Å². The smallest absolute Gasteiger partial charge is 0.225 e. The number of carbonyl (C=O) groups is 1. The van der Waals surface area contributed by atoms with Gasteiger partial charge in [-0.15, -0.1) is 0 Å². The molecule has 1 aromatic rings. The fourth-order valence-electron chi connectivity index (χ4n) is 2.44. The van der Waals surface area contributed by atoms with Gasteiger partial charge < -0.3 is 15.2 Å². The van der Waals surface area contributed by atoms with E-state index < -0.39 is 17.7 Å². The van der Waals surface area contributed by atoms with Gasteiger partial charge in [-0.1, -0.05) is 6.07 Å². The Morgan fingerprint density at radius 1 is 1.52 bits per heavy atom. The largest absolute Gasteiger partial charge is 0.391 e. The van der Waals surface area contributed by atoms with Gasteiger partial charge in [0.15, 0.2) is 0 Å². The second kappa shape index (κ2) is 6.95. The number of hydrogen-bond acceptors (Lipinski definition) is 3. The third-order valence-electron chi connectivity index (χ3n) is 3.70. The van der Waals surface area contributed by atoms with Crippen LogP contribution in [0.25, 0.3) is 0 Å². The second-order valence-electron chi connectivity index (χ2n) is 5.31. The predicted octanol–water partition coefficient (Wildman–Crippen LogP) is 1.41. The minimum atomic E-state index is -0.925. The zero-order valence-electron chi connectivity index (χ0n) is 11.8. The standard InChI is InChI=1S/C15H19F2NO3/c1-9-13(4-5-21-9)15(20)18-8-12(19)6-10-2-3-11(16)7-14(10)17/h2-3,7,9,12-13,19H,4-6,8H2,1H3,(H,18,20)/t9-,12+,13-/m0/s1. The molecule has 0 spiro atoms. The summed E-state index contributed by atoms with van der Waals surface area (Å²) in [4.78, 5) is 11.9. The van der Waals surface area contributed by atoms with Crippen molar-refractivity contribution in [2.75, 3.05) is 13.2 Å². The van der Waals surface area contributed by atoms with Crippen LogP contribution in [0.4, 0.5) is 8.78 Å². The van der Waals surface area contributed by atoms with Crippen molar-refractivity contribution in [3.05, 3.63) is 35.4 Å².